The Bertz CT molecular complexity index is 560. The lowest BCUT2D eigenvalue weighted by atomic mass is 9.87. The largest absolute Gasteiger partial charge is 0.469 e. The number of phosphoric acid groups is 1. The molecule has 0 fully saturated rings. The van der Waals surface area contributed by atoms with Gasteiger partial charge < -0.3 is 30.8 Å². The van der Waals surface area contributed by atoms with Crippen molar-refractivity contribution >= 4 is 25.5 Å². The molecule has 0 aromatic carbocycles. The van der Waals surface area contributed by atoms with Gasteiger partial charge in [0.25, 0.3) is 0 Å². The summed E-state index contributed by atoms with van der Waals surface area (Å²) in [5.74, 6) is -1.52. The zero-order chi connectivity index (χ0) is 20.4. The van der Waals surface area contributed by atoms with E-state index in [1.165, 1.54) is 13.8 Å². The van der Waals surface area contributed by atoms with Gasteiger partial charge in [-0.15, -0.1) is 0 Å². The van der Waals surface area contributed by atoms with Crippen molar-refractivity contribution in [3.63, 3.8) is 0 Å². The van der Waals surface area contributed by atoms with Gasteiger partial charge in [-0.2, -0.15) is 0 Å². The van der Waals surface area contributed by atoms with Crippen molar-refractivity contribution in [3.05, 3.63) is 12.7 Å². The summed E-state index contributed by atoms with van der Waals surface area (Å²) < 4.78 is 15.0. The number of nitrogens with one attached hydrogen (secondary N) is 3. The van der Waals surface area contributed by atoms with Crippen molar-refractivity contribution in [3.8, 4) is 0 Å². The summed E-state index contributed by atoms with van der Waals surface area (Å²) in [5.41, 5.74) is -1.25. The number of aliphatic hydroxyl groups excluding tert-OH is 1. The Hall–Kier alpha value is -1.78. The smallest absolute Gasteiger partial charge is 0.383 e. The van der Waals surface area contributed by atoms with Crippen LogP contribution in [0, 0.1) is 5.41 Å². The summed E-state index contributed by atoms with van der Waals surface area (Å²) in [7, 11) is -4.72. The van der Waals surface area contributed by atoms with E-state index >= 15 is 0 Å². The number of amides is 3. The Kier molecular flexibility index (Phi) is 10.3. The first-order valence-electron chi connectivity index (χ1n) is 7.72. The van der Waals surface area contributed by atoms with Crippen LogP contribution in [0.15, 0.2) is 12.7 Å². The van der Waals surface area contributed by atoms with Crippen molar-refractivity contribution in [1.82, 2.24) is 16.0 Å². The lowest BCUT2D eigenvalue weighted by Gasteiger charge is -2.29. The van der Waals surface area contributed by atoms with E-state index < -0.39 is 31.9 Å². The maximum absolute atomic E-state index is 11.9. The number of carbonyl (C=O) groups excluding carboxylic acids is 3. The monoisotopic (exact) mass is 395 g/mol. The third-order valence-corrected chi connectivity index (χ3v) is 3.64. The van der Waals surface area contributed by atoms with Gasteiger partial charge in [-0.25, -0.2) is 4.57 Å². The maximum atomic E-state index is 11.9. The molecule has 0 aliphatic carbocycles. The van der Waals surface area contributed by atoms with Crippen LogP contribution in [-0.4, -0.2) is 65.0 Å². The predicted molar refractivity (Wildman–Crippen MR) is 91.6 cm³/mol. The topological polar surface area (TPSA) is 174 Å². The van der Waals surface area contributed by atoms with Crippen LogP contribution in [0.3, 0.4) is 0 Å². The van der Waals surface area contributed by atoms with Gasteiger partial charge in [0.15, 0.2) is 0 Å². The van der Waals surface area contributed by atoms with Crippen molar-refractivity contribution in [1.29, 1.82) is 0 Å². The van der Waals surface area contributed by atoms with Gasteiger partial charge in [-0.3, -0.25) is 18.9 Å². The molecule has 0 aromatic heterocycles. The van der Waals surface area contributed by atoms with E-state index in [-0.39, 0.29) is 37.9 Å². The van der Waals surface area contributed by atoms with Crippen molar-refractivity contribution in [2.45, 2.75) is 26.4 Å². The number of phosphoric ester groups is 1. The molecule has 0 heterocycles. The summed E-state index contributed by atoms with van der Waals surface area (Å²) in [6.45, 7) is 5.94. The molecular formula is C14H26N3O8P. The van der Waals surface area contributed by atoms with Gasteiger partial charge in [0, 0.05) is 31.5 Å². The second kappa shape index (κ2) is 11.0. The minimum Gasteiger partial charge on any atom is -0.383 e. The molecule has 0 bridgehead atoms. The van der Waals surface area contributed by atoms with Gasteiger partial charge in [-0.05, 0) is 6.08 Å². The Morgan fingerprint density at radius 1 is 1.15 bits per heavy atom. The van der Waals surface area contributed by atoms with Crippen molar-refractivity contribution < 1.29 is 38.4 Å². The lowest BCUT2D eigenvalue weighted by molar-refractivity contribution is -0.137. The van der Waals surface area contributed by atoms with Crippen molar-refractivity contribution in [2.24, 2.45) is 5.41 Å². The lowest BCUT2D eigenvalue weighted by Crippen LogP contribution is -2.46. The van der Waals surface area contributed by atoms with E-state index in [1.807, 2.05) is 0 Å². The predicted octanol–water partition coefficient (Wildman–Crippen LogP) is -1.59. The molecule has 11 nitrogen and oxygen atoms in total. The van der Waals surface area contributed by atoms with Gasteiger partial charge in [0.1, 0.15) is 6.10 Å². The zero-order valence-electron chi connectivity index (χ0n) is 14.7. The molecule has 6 N–H and O–H groups in total. The van der Waals surface area contributed by atoms with E-state index in [9.17, 15) is 24.1 Å². The number of hydrogen-bond donors (Lipinski definition) is 6. The average molecular weight is 395 g/mol. The summed E-state index contributed by atoms with van der Waals surface area (Å²) in [6, 6.07) is 0. The normalized spacial score (nSPS) is 12.8. The minimum absolute atomic E-state index is 0.0455. The van der Waals surface area contributed by atoms with Crippen LogP contribution in [0.5, 0.6) is 0 Å². The molecule has 3 amide bonds. The van der Waals surface area contributed by atoms with Crippen LogP contribution in [0.1, 0.15) is 20.3 Å². The van der Waals surface area contributed by atoms with Crippen LogP contribution in [0.2, 0.25) is 0 Å². The molecule has 0 spiro atoms. The maximum Gasteiger partial charge on any atom is 0.469 e. The van der Waals surface area contributed by atoms with Gasteiger partial charge >= 0.3 is 7.82 Å². The number of carbonyl (C=O) groups is 3. The Morgan fingerprint density at radius 2 is 1.73 bits per heavy atom. The Morgan fingerprint density at radius 3 is 2.27 bits per heavy atom. The van der Waals surface area contributed by atoms with Gasteiger partial charge in [0.2, 0.25) is 17.7 Å². The molecule has 0 aliphatic heterocycles. The summed E-state index contributed by atoms with van der Waals surface area (Å²) in [5, 5.41) is 17.3. The van der Waals surface area contributed by atoms with Gasteiger partial charge in [-0.1, -0.05) is 20.4 Å². The Balaban J connectivity index is 4.12. The molecular weight excluding hydrogens is 369 g/mol. The molecule has 0 saturated carbocycles. The SMILES string of the molecule is C=CC(=O)NCCNC(=O)CCNC(=O)[C@@H](O)C(C)(C)COP(=O)(O)O. The molecule has 0 aromatic rings. The molecule has 0 saturated heterocycles. The molecule has 0 unspecified atom stereocenters. The molecule has 12 heteroatoms. The summed E-state index contributed by atoms with van der Waals surface area (Å²) in [6.07, 6.45) is -0.534. The van der Waals surface area contributed by atoms with E-state index in [1.54, 1.807) is 0 Å². The second-order valence-corrected chi connectivity index (χ2v) is 7.28. The fourth-order valence-corrected chi connectivity index (χ4v) is 2.13. The first-order chi connectivity index (χ1) is 11.9. The van der Waals surface area contributed by atoms with Gasteiger partial charge in [0.05, 0.1) is 6.61 Å². The quantitative estimate of drug-likeness (QED) is 0.130. The van der Waals surface area contributed by atoms with Crippen molar-refractivity contribution in [2.75, 3.05) is 26.2 Å². The van der Waals surface area contributed by atoms with E-state index in [0.717, 1.165) is 6.08 Å². The Labute approximate surface area is 151 Å². The summed E-state index contributed by atoms with van der Waals surface area (Å²) in [4.78, 5) is 51.6. The van der Waals surface area contributed by atoms with E-state index in [0.29, 0.717) is 0 Å². The first-order valence-corrected chi connectivity index (χ1v) is 9.25. The fourth-order valence-electron chi connectivity index (χ4n) is 1.63. The van der Waals surface area contributed by atoms with E-state index in [4.69, 9.17) is 9.79 Å². The first kappa shape index (κ1) is 24.2. The van der Waals surface area contributed by atoms with Crippen LogP contribution in [0.4, 0.5) is 0 Å². The number of rotatable bonds is 12. The van der Waals surface area contributed by atoms with E-state index in [2.05, 4.69) is 27.1 Å². The van der Waals surface area contributed by atoms with Crippen LogP contribution in [-0.2, 0) is 23.5 Å². The number of hydrogen-bond acceptors (Lipinski definition) is 6. The molecule has 0 aliphatic rings. The highest BCUT2D eigenvalue weighted by Gasteiger charge is 2.35. The fraction of sp³-hybridized carbons (Fsp3) is 0.643. The number of aliphatic hydroxyl groups is 1. The second-order valence-electron chi connectivity index (χ2n) is 6.04. The molecule has 1 atom stereocenters. The van der Waals surface area contributed by atoms with Crippen LogP contribution < -0.4 is 16.0 Å². The average Bonchev–Trinajstić information content (AvgIpc) is 2.55. The van der Waals surface area contributed by atoms with Crippen LogP contribution in [0.25, 0.3) is 0 Å². The molecule has 26 heavy (non-hydrogen) atoms. The highest BCUT2D eigenvalue weighted by atomic mass is 31.2. The highest BCUT2D eigenvalue weighted by Crippen LogP contribution is 2.38. The third-order valence-electron chi connectivity index (χ3n) is 3.18. The highest BCUT2D eigenvalue weighted by molar-refractivity contribution is 7.46. The van der Waals surface area contributed by atoms with Crippen LogP contribution >= 0.6 is 7.82 Å². The third kappa shape index (κ3) is 11.0. The zero-order valence-corrected chi connectivity index (χ0v) is 15.6. The molecule has 150 valence electrons. The molecule has 0 rings (SSSR count). The standard InChI is InChI=1S/C14H26N3O8P/c1-4-10(18)15-7-8-16-11(19)5-6-17-13(21)12(20)14(2,3)9-25-26(22,23)24/h4,12,20H,1,5-9H2,2-3H3,(H,15,18)(H,16,19)(H,17,21)(H2,22,23,24)/t12-/m1/s1. The molecule has 0 radical (unpaired) electrons. The summed E-state index contributed by atoms with van der Waals surface area (Å²) >= 11 is 0. The minimum atomic E-state index is -4.72.